The van der Waals surface area contributed by atoms with Gasteiger partial charge in [-0.25, -0.2) is 0 Å². The van der Waals surface area contributed by atoms with Gasteiger partial charge < -0.3 is 14.2 Å². The Hall–Kier alpha value is -4.71. The second-order valence-corrected chi connectivity index (χ2v) is 22.0. The summed E-state index contributed by atoms with van der Waals surface area (Å²) >= 11 is 0. The SMILES string of the molecule is CC/C=C\C/C=C\C/C=C\C/C=C\C/C=C\C/C=C\C/C=C\C/C=C\CCCCC(=O)OCC(COC(=O)CCCCCCCCCCCCCCCC)OC(=O)CCCCCCCCCCCC/C=C\C/C=C\C/C=C\C/C=C\CC. The van der Waals surface area contributed by atoms with E-state index in [0.29, 0.717) is 25.7 Å². The Morgan fingerprint density at radius 3 is 0.768 bits per heavy atom. The van der Waals surface area contributed by atoms with Crippen LogP contribution >= 0.6 is 0 Å². The van der Waals surface area contributed by atoms with Crippen LogP contribution in [0.3, 0.4) is 0 Å². The van der Waals surface area contributed by atoms with Crippen molar-refractivity contribution < 1.29 is 28.6 Å². The van der Waals surface area contributed by atoms with Gasteiger partial charge in [0, 0.05) is 19.3 Å². The van der Waals surface area contributed by atoms with Crippen molar-refractivity contribution in [3.63, 3.8) is 0 Å². The van der Waals surface area contributed by atoms with Crippen LogP contribution in [0.4, 0.5) is 0 Å². The molecule has 6 heteroatoms. The van der Waals surface area contributed by atoms with E-state index in [9.17, 15) is 14.4 Å². The van der Waals surface area contributed by atoms with Crippen LogP contribution in [0.1, 0.15) is 297 Å². The van der Waals surface area contributed by atoms with Gasteiger partial charge in [0.05, 0.1) is 0 Å². The predicted octanol–water partition coefficient (Wildman–Crippen LogP) is 23.5. The van der Waals surface area contributed by atoms with Gasteiger partial charge in [0.1, 0.15) is 13.2 Å². The van der Waals surface area contributed by atoms with Crippen LogP contribution in [0.15, 0.2) is 146 Å². The second-order valence-electron chi connectivity index (χ2n) is 22.0. The van der Waals surface area contributed by atoms with Gasteiger partial charge in [-0.15, -0.1) is 0 Å². The maximum absolute atomic E-state index is 12.9. The van der Waals surface area contributed by atoms with Gasteiger partial charge in [-0.1, -0.05) is 301 Å². The molecule has 82 heavy (non-hydrogen) atoms. The molecule has 0 aromatic rings. The minimum atomic E-state index is -0.805. The Morgan fingerprint density at radius 2 is 0.476 bits per heavy atom. The molecule has 0 rings (SSSR count). The smallest absolute Gasteiger partial charge is 0.306 e. The molecule has 0 aromatic carbocycles. The van der Waals surface area contributed by atoms with E-state index in [1.807, 2.05) is 0 Å². The normalized spacial score (nSPS) is 13.1. The molecule has 6 nitrogen and oxygen atoms in total. The molecule has 0 bridgehead atoms. The zero-order valence-corrected chi connectivity index (χ0v) is 53.2. The van der Waals surface area contributed by atoms with Gasteiger partial charge >= 0.3 is 17.9 Å². The minimum absolute atomic E-state index is 0.0957. The number of hydrogen-bond acceptors (Lipinski definition) is 6. The Bertz CT molecular complexity index is 1780. The minimum Gasteiger partial charge on any atom is -0.462 e. The van der Waals surface area contributed by atoms with Crippen molar-refractivity contribution in [2.45, 2.75) is 303 Å². The molecule has 1 unspecified atom stereocenters. The van der Waals surface area contributed by atoms with Crippen molar-refractivity contribution in [1.29, 1.82) is 0 Å². The van der Waals surface area contributed by atoms with Crippen LogP contribution in [-0.2, 0) is 28.6 Å². The lowest BCUT2D eigenvalue weighted by atomic mass is 10.0. The van der Waals surface area contributed by atoms with Gasteiger partial charge in [0.2, 0.25) is 0 Å². The van der Waals surface area contributed by atoms with Crippen LogP contribution in [0, 0.1) is 0 Å². The fourth-order valence-corrected chi connectivity index (χ4v) is 9.10. The van der Waals surface area contributed by atoms with E-state index in [1.54, 1.807) is 0 Å². The van der Waals surface area contributed by atoms with Gasteiger partial charge in [0.25, 0.3) is 0 Å². The Balaban J connectivity index is 4.45. The first-order valence-corrected chi connectivity index (χ1v) is 33.8. The molecule has 0 radical (unpaired) electrons. The highest BCUT2D eigenvalue weighted by atomic mass is 16.6. The van der Waals surface area contributed by atoms with Gasteiger partial charge in [-0.05, 0) is 122 Å². The number of unbranched alkanes of at least 4 members (excludes halogenated alkanes) is 25. The molecule has 0 aliphatic carbocycles. The topological polar surface area (TPSA) is 78.9 Å². The van der Waals surface area contributed by atoms with Crippen LogP contribution in [0.5, 0.6) is 0 Å². The van der Waals surface area contributed by atoms with Crippen LogP contribution in [0.25, 0.3) is 0 Å². The Kier molecular flexibility index (Phi) is 64.8. The number of rotatable bonds is 60. The summed E-state index contributed by atoms with van der Waals surface area (Å²) < 4.78 is 16.9. The molecule has 0 aliphatic rings. The first kappa shape index (κ1) is 77.3. The summed E-state index contributed by atoms with van der Waals surface area (Å²) in [6, 6.07) is 0. The molecule has 0 heterocycles. The average molecular weight is 1130 g/mol. The monoisotopic (exact) mass is 1130 g/mol. The standard InChI is InChI=1S/C76H124O6/c1-4-7-10-13-16-19-22-25-28-30-32-34-36-37-38-39-41-42-44-46-48-51-54-57-60-63-66-69-75(78)81-72-73(71-80-74(77)68-65-62-59-56-53-50-27-24-21-18-15-12-9-6-3)82-76(79)70-67-64-61-58-55-52-49-47-45-43-40-35-33-31-29-26-23-20-17-14-11-8-5-2/h7-8,10-11,16-17,19-20,25-26,28-29,32-35,37-38,41-42,46,48,54,57,73H,4-6,9,12-15,18,21-24,27,30-31,36,39-40,43-45,47,49-53,55-56,58-72H2,1-3H3/b10-7-,11-8-,19-16-,20-17-,28-25-,29-26-,34-32-,35-33-,38-37-,42-41-,48-46-,57-54-. The molecule has 0 amide bonds. The van der Waals surface area contributed by atoms with Crippen molar-refractivity contribution in [3.05, 3.63) is 146 Å². The fraction of sp³-hybridized carbons (Fsp3) is 0.645. The zero-order valence-electron chi connectivity index (χ0n) is 53.2. The predicted molar refractivity (Wildman–Crippen MR) is 357 cm³/mol. The third-order valence-corrected chi connectivity index (χ3v) is 14.1. The fourth-order valence-electron chi connectivity index (χ4n) is 9.10. The van der Waals surface area contributed by atoms with Crippen molar-refractivity contribution in [3.8, 4) is 0 Å². The molecular weight excluding hydrogens is 1010 g/mol. The maximum atomic E-state index is 12.9. The molecular formula is C76H124O6. The van der Waals surface area contributed by atoms with Crippen molar-refractivity contribution in [1.82, 2.24) is 0 Å². The first-order chi connectivity index (χ1) is 40.5. The first-order valence-electron chi connectivity index (χ1n) is 33.8. The number of carbonyl (C=O) groups is 3. The molecule has 0 spiro atoms. The van der Waals surface area contributed by atoms with Crippen molar-refractivity contribution >= 4 is 17.9 Å². The lowest BCUT2D eigenvalue weighted by molar-refractivity contribution is -0.167. The summed E-state index contributed by atoms with van der Waals surface area (Å²) in [6.45, 7) is 6.39. The molecule has 0 aliphatic heterocycles. The highest BCUT2D eigenvalue weighted by molar-refractivity contribution is 5.71. The van der Waals surface area contributed by atoms with Crippen LogP contribution in [-0.4, -0.2) is 37.2 Å². The summed E-state index contributed by atoms with van der Waals surface area (Å²) in [7, 11) is 0. The summed E-state index contributed by atoms with van der Waals surface area (Å²) in [5.41, 5.74) is 0. The van der Waals surface area contributed by atoms with E-state index in [4.69, 9.17) is 14.2 Å². The highest BCUT2D eigenvalue weighted by Gasteiger charge is 2.19. The second kappa shape index (κ2) is 68.8. The summed E-state index contributed by atoms with van der Waals surface area (Å²) in [6.07, 6.45) is 98.6. The number of esters is 3. The van der Waals surface area contributed by atoms with E-state index >= 15 is 0 Å². The number of carbonyl (C=O) groups excluding carboxylic acids is 3. The van der Waals surface area contributed by atoms with E-state index in [2.05, 4.69) is 167 Å². The number of allylic oxidation sites excluding steroid dienone is 24. The molecule has 0 N–H and O–H groups in total. The third-order valence-electron chi connectivity index (χ3n) is 14.1. The van der Waals surface area contributed by atoms with E-state index in [0.717, 1.165) is 128 Å². The van der Waals surface area contributed by atoms with Crippen LogP contribution < -0.4 is 0 Å². The average Bonchev–Trinajstić information content (AvgIpc) is 3.48. The lowest BCUT2D eigenvalue weighted by Gasteiger charge is -2.18. The van der Waals surface area contributed by atoms with E-state index < -0.39 is 6.10 Å². The van der Waals surface area contributed by atoms with Crippen LogP contribution in [0.2, 0.25) is 0 Å². The number of hydrogen-bond donors (Lipinski definition) is 0. The lowest BCUT2D eigenvalue weighted by Crippen LogP contribution is -2.30. The van der Waals surface area contributed by atoms with Gasteiger partial charge in [-0.2, -0.15) is 0 Å². The Morgan fingerprint density at radius 1 is 0.256 bits per heavy atom. The van der Waals surface area contributed by atoms with E-state index in [1.165, 1.54) is 122 Å². The summed E-state index contributed by atoms with van der Waals surface area (Å²) in [4.78, 5) is 38.4. The van der Waals surface area contributed by atoms with E-state index in [-0.39, 0.29) is 31.1 Å². The summed E-state index contributed by atoms with van der Waals surface area (Å²) in [5, 5.41) is 0. The van der Waals surface area contributed by atoms with Crippen molar-refractivity contribution in [2.24, 2.45) is 0 Å². The van der Waals surface area contributed by atoms with Crippen molar-refractivity contribution in [2.75, 3.05) is 13.2 Å². The molecule has 1 atom stereocenters. The highest BCUT2D eigenvalue weighted by Crippen LogP contribution is 2.16. The summed E-state index contributed by atoms with van der Waals surface area (Å²) in [5.74, 6) is -0.941. The zero-order chi connectivity index (χ0) is 59.2. The largest absolute Gasteiger partial charge is 0.462 e. The quantitative estimate of drug-likeness (QED) is 0.0261. The molecule has 0 saturated carbocycles. The third kappa shape index (κ3) is 66.1. The van der Waals surface area contributed by atoms with Gasteiger partial charge in [0.15, 0.2) is 6.10 Å². The number of ether oxygens (including phenoxy) is 3. The Labute approximate surface area is 506 Å². The molecule has 0 aromatic heterocycles. The molecule has 464 valence electrons. The molecule has 0 saturated heterocycles. The van der Waals surface area contributed by atoms with Gasteiger partial charge in [-0.3, -0.25) is 14.4 Å². The maximum Gasteiger partial charge on any atom is 0.306 e. The molecule has 0 fully saturated rings.